The van der Waals surface area contributed by atoms with Crippen LogP contribution in [0.1, 0.15) is 63.0 Å². The fourth-order valence-corrected chi connectivity index (χ4v) is 4.84. The zero-order valence-corrected chi connectivity index (χ0v) is 22.3. The maximum atomic E-state index is 15.3. The summed E-state index contributed by atoms with van der Waals surface area (Å²) in [4.78, 5) is 18.2. The molecule has 12 heteroatoms. The van der Waals surface area contributed by atoms with Crippen LogP contribution in [0.4, 0.5) is 23.4 Å². The lowest BCUT2D eigenvalue weighted by atomic mass is 10.1. The normalized spacial score (nSPS) is 14.1. The monoisotopic (exact) mass is 543 g/mol. The van der Waals surface area contributed by atoms with Gasteiger partial charge in [0.05, 0.1) is 30.5 Å². The van der Waals surface area contributed by atoms with Gasteiger partial charge in [-0.2, -0.15) is 23.4 Å². The molecule has 0 saturated heterocycles. The first kappa shape index (κ1) is 26.6. The molecule has 4 aromatic rings. The predicted molar refractivity (Wildman–Crippen MR) is 137 cm³/mol. The van der Waals surface area contributed by atoms with Crippen LogP contribution in [0.15, 0.2) is 36.7 Å². The van der Waals surface area contributed by atoms with Gasteiger partial charge in [-0.1, -0.05) is 6.07 Å². The third kappa shape index (κ3) is 4.83. The van der Waals surface area contributed by atoms with Crippen molar-refractivity contribution in [2.24, 2.45) is 0 Å². The second kappa shape index (κ2) is 9.65. The molecule has 1 aromatic carbocycles. The summed E-state index contributed by atoms with van der Waals surface area (Å²) < 4.78 is 60.2. The minimum absolute atomic E-state index is 0.0438. The van der Waals surface area contributed by atoms with E-state index in [1.54, 1.807) is 35.7 Å². The van der Waals surface area contributed by atoms with Crippen LogP contribution in [-0.4, -0.2) is 35.0 Å². The third-order valence-corrected chi connectivity index (χ3v) is 6.78. The lowest BCUT2D eigenvalue weighted by Gasteiger charge is -2.27. The second-order valence-electron chi connectivity index (χ2n) is 10.3. The van der Waals surface area contributed by atoms with Gasteiger partial charge in [0, 0.05) is 30.8 Å². The molecule has 1 aliphatic heterocycles. The molecule has 0 radical (unpaired) electrons. The van der Waals surface area contributed by atoms with Crippen molar-refractivity contribution >= 4 is 11.7 Å². The van der Waals surface area contributed by atoms with Crippen molar-refractivity contribution in [1.29, 1.82) is 0 Å². The molecular weight excluding hydrogens is 514 g/mol. The first-order valence-corrected chi connectivity index (χ1v) is 12.7. The number of benzene rings is 1. The summed E-state index contributed by atoms with van der Waals surface area (Å²) in [5.41, 5.74) is 1.89. The van der Waals surface area contributed by atoms with Crippen LogP contribution in [0.3, 0.4) is 0 Å². The Morgan fingerprint density at radius 3 is 2.46 bits per heavy atom. The summed E-state index contributed by atoms with van der Waals surface area (Å²) in [5, 5.41) is 9.18. The van der Waals surface area contributed by atoms with Crippen molar-refractivity contribution in [3.8, 4) is 22.8 Å². The standard InChI is InChI=1S/C27H29F4N7O/c1-15(2)35-14-22(27(29,30)31)33-26(35)19-7-6-18(10-20(19)28)13-36-23-11-21(34-37(23)9-8-24(36)39)25-17(5)12-32-38(25)16(3)4/h6-7,10-12,14-16H,8-9,13H2,1-5H3. The van der Waals surface area contributed by atoms with Gasteiger partial charge in [-0.25, -0.2) is 14.1 Å². The van der Waals surface area contributed by atoms with Crippen molar-refractivity contribution in [2.45, 2.75) is 72.4 Å². The highest BCUT2D eigenvalue weighted by molar-refractivity contribution is 5.94. The number of aryl methyl sites for hydroxylation is 2. The molecule has 0 N–H and O–H groups in total. The molecule has 0 aliphatic carbocycles. The van der Waals surface area contributed by atoms with E-state index < -0.39 is 17.7 Å². The highest BCUT2D eigenvalue weighted by atomic mass is 19.4. The first-order chi connectivity index (χ1) is 18.3. The molecule has 8 nitrogen and oxygen atoms in total. The Kier molecular flexibility index (Phi) is 6.59. The number of carbonyl (C=O) groups excluding carboxylic acids is 1. The molecule has 1 aliphatic rings. The van der Waals surface area contributed by atoms with Crippen LogP contribution < -0.4 is 4.90 Å². The summed E-state index contributed by atoms with van der Waals surface area (Å²) in [6.07, 6.45) is -1.73. The highest BCUT2D eigenvalue weighted by Gasteiger charge is 2.36. The number of rotatable bonds is 6. The Labute approximate surface area is 222 Å². The summed E-state index contributed by atoms with van der Waals surface area (Å²) >= 11 is 0. The molecule has 0 atom stereocenters. The number of carbonyl (C=O) groups is 1. The zero-order chi connectivity index (χ0) is 28.2. The minimum Gasteiger partial charge on any atom is -0.328 e. The van der Waals surface area contributed by atoms with Crippen LogP contribution in [0.2, 0.25) is 0 Å². The summed E-state index contributed by atoms with van der Waals surface area (Å²) in [6.45, 7) is 9.91. The van der Waals surface area contributed by atoms with Gasteiger partial charge in [0.15, 0.2) is 5.69 Å². The second-order valence-corrected chi connectivity index (χ2v) is 10.3. The van der Waals surface area contributed by atoms with Crippen molar-refractivity contribution in [2.75, 3.05) is 4.90 Å². The van der Waals surface area contributed by atoms with Crippen LogP contribution >= 0.6 is 0 Å². The number of aromatic nitrogens is 6. The maximum absolute atomic E-state index is 15.3. The van der Waals surface area contributed by atoms with E-state index in [1.165, 1.54) is 16.7 Å². The number of hydrogen-bond acceptors (Lipinski definition) is 4. The number of alkyl halides is 3. The van der Waals surface area contributed by atoms with E-state index in [0.717, 1.165) is 17.5 Å². The molecule has 0 saturated carbocycles. The largest absolute Gasteiger partial charge is 0.434 e. The molecule has 4 heterocycles. The van der Waals surface area contributed by atoms with E-state index in [9.17, 15) is 18.0 Å². The van der Waals surface area contributed by atoms with Gasteiger partial charge >= 0.3 is 6.18 Å². The maximum Gasteiger partial charge on any atom is 0.434 e. The molecule has 0 unspecified atom stereocenters. The molecule has 1 amide bonds. The van der Waals surface area contributed by atoms with Crippen molar-refractivity contribution in [3.63, 3.8) is 0 Å². The number of imidazole rings is 1. The Morgan fingerprint density at radius 2 is 1.82 bits per heavy atom. The topological polar surface area (TPSA) is 73.8 Å². The van der Waals surface area contributed by atoms with Crippen LogP contribution in [0, 0.1) is 12.7 Å². The average molecular weight is 544 g/mol. The minimum atomic E-state index is -4.65. The SMILES string of the molecule is Cc1cnn(C(C)C)c1-c1cc2n(n1)CCC(=O)N2Cc1ccc(-c2nc(C(F)(F)F)cn2C(C)C)c(F)c1. The fourth-order valence-electron chi connectivity index (χ4n) is 4.84. The van der Waals surface area contributed by atoms with Crippen molar-refractivity contribution in [3.05, 3.63) is 59.3 Å². The lowest BCUT2D eigenvalue weighted by Crippen LogP contribution is -2.36. The van der Waals surface area contributed by atoms with E-state index >= 15 is 4.39 Å². The Bertz CT molecular complexity index is 1540. The van der Waals surface area contributed by atoms with Gasteiger partial charge in [-0.15, -0.1) is 0 Å². The molecule has 0 fully saturated rings. The van der Waals surface area contributed by atoms with E-state index in [-0.39, 0.29) is 42.3 Å². The molecule has 5 rings (SSSR count). The Balaban J connectivity index is 1.47. The quantitative estimate of drug-likeness (QED) is 0.273. The van der Waals surface area contributed by atoms with Gasteiger partial charge < -0.3 is 4.57 Å². The van der Waals surface area contributed by atoms with Crippen LogP contribution in [0.25, 0.3) is 22.8 Å². The fraction of sp³-hybridized carbons (Fsp3) is 0.407. The number of amides is 1. The van der Waals surface area contributed by atoms with Crippen molar-refractivity contribution in [1.82, 2.24) is 29.1 Å². The molecule has 206 valence electrons. The van der Waals surface area contributed by atoms with E-state index in [0.29, 0.717) is 23.6 Å². The number of fused-ring (bicyclic) bond motifs is 1. The first-order valence-electron chi connectivity index (χ1n) is 12.7. The smallest absolute Gasteiger partial charge is 0.328 e. The summed E-state index contributed by atoms with van der Waals surface area (Å²) in [7, 11) is 0. The zero-order valence-electron chi connectivity index (χ0n) is 22.3. The molecular formula is C27H29F4N7O. The summed E-state index contributed by atoms with van der Waals surface area (Å²) in [5.74, 6) is -0.358. The molecule has 3 aromatic heterocycles. The lowest BCUT2D eigenvalue weighted by molar-refractivity contribution is -0.141. The van der Waals surface area contributed by atoms with Gasteiger partial charge in [0.2, 0.25) is 5.91 Å². The van der Waals surface area contributed by atoms with Crippen LogP contribution in [0.5, 0.6) is 0 Å². The summed E-state index contributed by atoms with van der Waals surface area (Å²) in [6, 6.07) is 5.84. The van der Waals surface area contributed by atoms with Gasteiger partial charge in [0.1, 0.15) is 23.2 Å². The predicted octanol–water partition coefficient (Wildman–Crippen LogP) is 6.18. The Hall–Kier alpha value is -3.96. The number of nitrogens with zero attached hydrogens (tertiary/aromatic N) is 7. The van der Waals surface area contributed by atoms with Crippen LogP contribution in [-0.2, 0) is 24.1 Å². The number of halogens is 4. The molecule has 0 spiro atoms. The molecule has 0 bridgehead atoms. The van der Waals surface area contributed by atoms with E-state index in [4.69, 9.17) is 5.10 Å². The Morgan fingerprint density at radius 1 is 1.08 bits per heavy atom. The highest BCUT2D eigenvalue weighted by Crippen LogP contribution is 2.35. The van der Waals surface area contributed by atoms with Gasteiger partial charge in [0.25, 0.3) is 0 Å². The van der Waals surface area contributed by atoms with E-state index in [1.807, 2.05) is 31.5 Å². The average Bonchev–Trinajstić information content (AvgIpc) is 3.57. The van der Waals surface area contributed by atoms with Gasteiger partial charge in [-0.3, -0.25) is 14.4 Å². The molecule has 39 heavy (non-hydrogen) atoms. The number of hydrogen-bond donors (Lipinski definition) is 0. The van der Waals surface area contributed by atoms with Crippen molar-refractivity contribution < 1.29 is 22.4 Å². The van der Waals surface area contributed by atoms with E-state index in [2.05, 4.69) is 10.1 Å². The van der Waals surface area contributed by atoms with Gasteiger partial charge in [-0.05, 0) is 57.9 Å². The third-order valence-electron chi connectivity index (χ3n) is 6.78. The number of anilines is 1.